The summed E-state index contributed by atoms with van der Waals surface area (Å²) in [5.74, 6) is -2.25. The summed E-state index contributed by atoms with van der Waals surface area (Å²) < 4.78 is 11.3. The summed E-state index contributed by atoms with van der Waals surface area (Å²) in [5, 5.41) is 18.4. The van der Waals surface area contributed by atoms with E-state index in [1.165, 1.54) is 0 Å². The first-order valence-electron chi connectivity index (χ1n) is 5.74. The van der Waals surface area contributed by atoms with E-state index in [1.54, 1.807) is 13.8 Å². The molecule has 1 unspecified atom stereocenters. The van der Waals surface area contributed by atoms with Crippen molar-refractivity contribution in [3.05, 3.63) is 0 Å². The highest BCUT2D eigenvalue weighted by molar-refractivity contribution is 5.72. The minimum atomic E-state index is -0.790. The highest BCUT2D eigenvalue weighted by Crippen LogP contribution is 2.42. The van der Waals surface area contributed by atoms with Crippen molar-refractivity contribution in [2.45, 2.75) is 51.3 Å². The van der Waals surface area contributed by atoms with Gasteiger partial charge in [0.1, 0.15) is 6.10 Å². The fourth-order valence-corrected chi connectivity index (χ4v) is 2.74. The molecule has 2 aliphatic rings. The summed E-state index contributed by atoms with van der Waals surface area (Å²) >= 11 is 0. The van der Waals surface area contributed by atoms with E-state index in [9.17, 15) is 9.90 Å². The number of carbonyl (C=O) groups is 1. The summed E-state index contributed by atoms with van der Waals surface area (Å²) in [7, 11) is 0. The Bertz CT molecular complexity index is 315. The average molecular weight is 246 g/mol. The van der Waals surface area contributed by atoms with Crippen molar-refractivity contribution >= 4 is 5.97 Å². The van der Waals surface area contributed by atoms with Crippen molar-refractivity contribution in [3.8, 4) is 0 Å². The van der Waals surface area contributed by atoms with Crippen molar-refractivity contribution in [1.82, 2.24) is 0 Å². The standard InChI is InChI=1S/C11H18O6/c1-5-6(10(13)17-14)4-7(12)9-8(5)15-11(2,3)16-9/h5-9,12,14H,4H2,1-3H3/t5?,6-,7-,8-,9+/m1/s1. The van der Waals surface area contributed by atoms with Crippen molar-refractivity contribution in [2.75, 3.05) is 0 Å². The Kier molecular flexibility index (Phi) is 3.15. The number of rotatable bonds is 1. The second-order valence-corrected chi connectivity index (χ2v) is 5.24. The van der Waals surface area contributed by atoms with Crippen LogP contribution in [0.5, 0.6) is 0 Å². The van der Waals surface area contributed by atoms with Gasteiger partial charge in [0.2, 0.25) is 0 Å². The lowest BCUT2D eigenvalue weighted by molar-refractivity contribution is -0.244. The molecule has 0 amide bonds. The van der Waals surface area contributed by atoms with E-state index in [0.29, 0.717) is 0 Å². The zero-order chi connectivity index (χ0) is 12.8. The molecule has 2 N–H and O–H groups in total. The molecule has 98 valence electrons. The lowest BCUT2D eigenvalue weighted by Gasteiger charge is -2.36. The molecule has 6 heteroatoms. The molecule has 0 aromatic heterocycles. The van der Waals surface area contributed by atoms with E-state index in [-0.39, 0.29) is 18.4 Å². The topological polar surface area (TPSA) is 85.2 Å². The van der Waals surface area contributed by atoms with Gasteiger partial charge >= 0.3 is 5.97 Å². The Morgan fingerprint density at radius 1 is 1.35 bits per heavy atom. The third-order valence-corrected chi connectivity index (χ3v) is 3.58. The van der Waals surface area contributed by atoms with Gasteiger partial charge in [-0.2, -0.15) is 5.26 Å². The van der Waals surface area contributed by atoms with Crippen LogP contribution < -0.4 is 0 Å². The summed E-state index contributed by atoms with van der Waals surface area (Å²) in [4.78, 5) is 15.2. The van der Waals surface area contributed by atoms with Gasteiger partial charge in [-0.05, 0) is 26.2 Å². The van der Waals surface area contributed by atoms with E-state index in [2.05, 4.69) is 4.89 Å². The van der Waals surface area contributed by atoms with Crippen LogP contribution >= 0.6 is 0 Å². The predicted molar refractivity (Wildman–Crippen MR) is 55.8 cm³/mol. The molecule has 2 rings (SSSR count). The van der Waals surface area contributed by atoms with E-state index >= 15 is 0 Å². The molecule has 1 aliphatic carbocycles. The molecular weight excluding hydrogens is 228 g/mol. The van der Waals surface area contributed by atoms with Crippen LogP contribution in [-0.2, 0) is 19.2 Å². The first-order valence-corrected chi connectivity index (χ1v) is 5.74. The van der Waals surface area contributed by atoms with Crippen LogP contribution in [0.3, 0.4) is 0 Å². The van der Waals surface area contributed by atoms with Crippen LogP contribution in [0.15, 0.2) is 0 Å². The minimum absolute atomic E-state index is 0.176. The normalized spacial score (nSPS) is 44.2. The zero-order valence-electron chi connectivity index (χ0n) is 10.1. The highest BCUT2D eigenvalue weighted by Gasteiger charge is 2.54. The maximum Gasteiger partial charge on any atom is 0.345 e. The van der Waals surface area contributed by atoms with Crippen molar-refractivity contribution in [1.29, 1.82) is 0 Å². The third kappa shape index (κ3) is 2.18. The quantitative estimate of drug-likeness (QED) is 0.519. The average Bonchev–Trinajstić information content (AvgIpc) is 2.59. The number of aliphatic hydroxyl groups excluding tert-OH is 1. The third-order valence-electron chi connectivity index (χ3n) is 3.58. The SMILES string of the molecule is CC1[C@H]2OC(C)(C)O[C@H]2[C@H](O)C[C@H]1C(=O)OO. The lowest BCUT2D eigenvalue weighted by Crippen LogP contribution is -2.50. The Morgan fingerprint density at radius 3 is 2.53 bits per heavy atom. The predicted octanol–water partition coefficient (Wildman–Crippen LogP) is 0.540. The van der Waals surface area contributed by atoms with Gasteiger partial charge < -0.3 is 19.5 Å². The maximum atomic E-state index is 11.4. The van der Waals surface area contributed by atoms with Crippen LogP contribution in [-0.4, -0.2) is 40.4 Å². The number of carbonyl (C=O) groups excluding carboxylic acids is 1. The number of fused-ring (bicyclic) bond motifs is 1. The Labute approximate surface area is 99.4 Å². The Hall–Kier alpha value is -0.690. The van der Waals surface area contributed by atoms with Crippen molar-refractivity contribution in [2.24, 2.45) is 11.8 Å². The highest BCUT2D eigenvalue weighted by atomic mass is 17.1. The number of aliphatic hydroxyl groups is 1. The molecule has 5 atom stereocenters. The second kappa shape index (κ2) is 4.20. The molecule has 2 fully saturated rings. The number of ether oxygens (including phenoxy) is 2. The molecular formula is C11H18O6. The zero-order valence-corrected chi connectivity index (χ0v) is 10.1. The van der Waals surface area contributed by atoms with Crippen LogP contribution in [0.25, 0.3) is 0 Å². The first-order chi connectivity index (χ1) is 7.85. The van der Waals surface area contributed by atoms with Crippen LogP contribution in [0, 0.1) is 11.8 Å². The summed E-state index contributed by atoms with van der Waals surface area (Å²) in [6.07, 6.45) is -1.37. The van der Waals surface area contributed by atoms with Gasteiger partial charge in [0.15, 0.2) is 5.79 Å². The van der Waals surface area contributed by atoms with Gasteiger partial charge in [-0.3, -0.25) is 0 Å². The van der Waals surface area contributed by atoms with E-state index < -0.39 is 29.9 Å². The summed E-state index contributed by atoms with van der Waals surface area (Å²) in [5.41, 5.74) is 0. The van der Waals surface area contributed by atoms with Crippen LogP contribution in [0.4, 0.5) is 0 Å². The van der Waals surface area contributed by atoms with Crippen molar-refractivity contribution in [3.63, 3.8) is 0 Å². The van der Waals surface area contributed by atoms with Gasteiger partial charge in [-0.25, -0.2) is 4.79 Å². The fraction of sp³-hybridized carbons (Fsp3) is 0.909. The summed E-state index contributed by atoms with van der Waals surface area (Å²) in [6, 6.07) is 0. The molecule has 1 aliphatic heterocycles. The van der Waals surface area contributed by atoms with Crippen molar-refractivity contribution < 1.29 is 29.5 Å². The Morgan fingerprint density at radius 2 is 1.94 bits per heavy atom. The smallest absolute Gasteiger partial charge is 0.345 e. The molecule has 0 bridgehead atoms. The van der Waals surface area contributed by atoms with Gasteiger partial charge in [0, 0.05) is 0 Å². The van der Waals surface area contributed by atoms with Gasteiger partial charge in [0.25, 0.3) is 0 Å². The van der Waals surface area contributed by atoms with E-state index in [4.69, 9.17) is 14.7 Å². The van der Waals surface area contributed by atoms with Gasteiger partial charge in [0.05, 0.1) is 18.1 Å². The largest absolute Gasteiger partial charge is 0.390 e. The number of hydrogen-bond donors (Lipinski definition) is 2. The lowest BCUT2D eigenvalue weighted by atomic mass is 9.75. The maximum absolute atomic E-state index is 11.4. The molecule has 1 saturated heterocycles. The monoisotopic (exact) mass is 246 g/mol. The molecule has 1 saturated carbocycles. The molecule has 0 radical (unpaired) electrons. The molecule has 17 heavy (non-hydrogen) atoms. The van der Waals surface area contributed by atoms with Gasteiger partial charge in [-0.1, -0.05) is 6.92 Å². The van der Waals surface area contributed by atoms with Gasteiger partial charge in [-0.15, -0.1) is 0 Å². The van der Waals surface area contributed by atoms with E-state index in [0.717, 1.165) is 0 Å². The first kappa shape index (κ1) is 12.8. The molecule has 6 nitrogen and oxygen atoms in total. The molecule has 0 aromatic rings. The van der Waals surface area contributed by atoms with Crippen LogP contribution in [0.2, 0.25) is 0 Å². The molecule has 0 spiro atoms. The molecule has 0 aromatic carbocycles. The fourth-order valence-electron chi connectivity index (χ4n) is 2.74. The Balaban J connectivity index is 2.18. The second-order valence-electron chi connectivity index (χ2n) is 5.24. The minimum Gasteiger partial charge on any atom is -0.390 e. The number of hydrogen-bond acceptors (Lipinski definition) is 6. The van der Waals surface area contributed by atoms with E-state index in [1.807, 2.05) is 6.92 Å². The van der Waals surface area contributed by atoms with Crippen LogP contribution in [0.1, 0.15) is 27.2 Å². The summed E-state index contributed by atoms with van der Waals surface area (Å²) in [6.45, 7) is 5.37. The molecule has 1 heterocycles.